The van der Waals surface area contributed by atoms with E-state index in [2.05, 4.69) is 10.6 Å². The van der Waals surface area contributed by atoms with E-state index in [4.69, 9.17) is 21.7 Å². The molecule has 1 aromatic heterocycles. The standard InChI is InChI=1S/C15H20N2O4S2/c1-3-20-13(18)11-9-7-5-6-8-10(9)23-12(11)16-14(22)17-15(19)21-4-2/h3-8H2,1-2H3,(H2,16,17,19,22). The molecule has 0 saturated carbocycles. The van der Waals surface area contributed by atoms with Crippen LogP contribution in [-0.2, 0) is 22.3 Å². The lowest BCUT2D eigenvalue weighted by molar-refractivity contribution is 0.0526. The van der Waals surface area contributed by atoms with Crippen LogP contribution >= 0.6 is 23.6 Å². The molecule has 0 bridgehead atoms. The van der Waals surface area contributed by atoms with Crippen molar-refractivity contribution in [3.63, 3.8) is 0 Å². The molecule has 126 valence electrons. The topological polar surface area (TPSA) is 76.7 Å². The number of amides is 1. The predicted octanol–water partition coefficient (Wildman–Crippen LogP) is 3.25. The normalized spacial score (nSPS) is 13.0. The van der Waals surface area contributed by atoms with Crippen LogP contribution in [0.4, 0.5) is 9.80 Å². The van der Waals surface area contributed by atoms with E-state index in [1.54, 1.807) is 13.8 Å². The smallest absolute Gasteiger partial charge is 0.413 e. The number of hydrogen-bond donors (Lipinski definition) is 2. The summed E-state index contributed by atoms with van der Waals surface area (Å²) in [6.07, 6.45) is 3.36. The van der Waals surface area contributed by atoms with E-state index in [9.17, 15) is 9.59 Å². The van der Waals surface area contributed by atoms with Crippen molar-refractivity contribution in [3.8, 4) is 0 Å². The number of ether oxygens (including phenoxy) is 2. The lowest BCUT2D eigenvalue weighted by atomic mass is 9.95. The third-order valence-corrected chi connectivity index (χ3v) is 4.78. The first-order valence-corrected chi connectivity index (χ1v) is 8.85. The number of rotatable bonds is 4. The second kappa shape index (κ2) is 8.26. The largest absolute Gasteiger partial charge is 0.462 e. The number of esters is 1. The van der Waals surface area contributed by atoms with E-state index in [0.29, 0.717) is 17.2 Å². The van der Waals surface area contributed by atoms with Gasteiger partial charge in [-0.1, -0.05) is 0 Å². The molecule has 0 spiro atoms. The van der Waals surface area contributed by atoms with Crippen molar-refractivity contribution >= 4 is 45.7 Å². The summed E-state index contributed by atoms with van der Waals surface area (Å²) in [5.41, 5.74) is 1.58. The first-order chi connectivity index (χ1) is 11.1. The lowest BCUT2D eigenvalue weighted by Crippen LogP contribution is -2.34. The van der Waals surface area contributed by atoms with Gasteiger partial charge in [-0.3, -0.25) is 5.32 Å². The van der Waals surface area contributed by atoms with Gasteiger partial charge in [0, 0.05) is 4.88 Å². The van der Waals surface area contributed by atoms with Gasteiger partial charge in [0.05, 0.1) is 18.8 Å². The van der Waals surface area contributed by atoms with Gasteiger partial charge in [-0.15, -0.1) is 11.3 Å². The van der Waals surface area contributed by atoms with Gasteiger partial charge in [-0.2, -0.15) is 0 Å². The van der Waals surface area contributed by atoms with Gasteiger partial charge in [0.2, 0.25) is 0 Å². The second-order valence-electron chi connectivity index (χ2n) is 4.94. The van der Waals surface area contributed by atoms with Gasteiger partial charge in [0.15, 0.2) is 5.11 Å². The van der Waals surface area contributed by atoms with Gasteiger partial charge in [0.25, 0.3) is 0 Å². The molecule has 0 aromatic carbocycles. The van der Waals surface area contributed by atoms with Crippen molar-refractivity contribution < 1.29 is 19.1 Å². The molecule has 0 atom stereocenters. The summed E-state index contributed by atoms with van der Waals surface area (Å²) in [7, 11) is 0. The van der Waals surface area contributed by atoms with E-state index < -0.39 is 6.09 Å². The van der Waals surface area contributed by atoms with Crippen LogP contribution < -0.4 is 10.6 Å². The molecule has 8 heteroatoms. The Hall–Kier alpha value is -1.67. The molecule has 1 aliphatic carbocycles. The maximum atomic E-state index is 12.3. The molecule has 0 radical (unpaired) electrons. The number of thiophene rings is 1. The molecule has 2 rings (SSSR count). The Morgan fingerprint density at radius 3 is 2.57 bits per heavy atom. The van der Waals surface area contributed by atoms with Crippen molar-refractivity contribution in [3.05, 3.63) is 16.0 Å². The highest BCUT2D eigenvalue weighted by molar-refractivity contribution is 7.80. The quantitative estimate of drug-likeness (QED) is 0.637. The molecule has 0 saturated heterocycles. The lowest BCUT2D eigenvalue weighted by Gasteiger charge is -2.12. The Kier molecular flexibility index (Phi) is 6.35. The predicted molar refractivity (Wildman–Crippen MR) is 93.3 cm³/mol. The van der Waals surface area contributed by atoms with E-state index in [1.807, 2.05) is 0 Å². The van der Waals surface area contributed by atoms with Gasteiger partial charge in [-0.25, -0.2) is 9.59 Å². The van der Waals surface area contributed by atoms with Gasteiger partial charge in [0.1, 0.15) is 5.00 Å². The number of aryl methyl sites for hydroxylation is 1. The molecule has 1 aliphatic rings. The van der Waals surface area contributed by atoms with Crippen molar-refractivity contribution in [1.29, 1.82) is 0 Å². The maximum Gasteiger partial charge on any atom is 0.413 e. The number of anilines is 1. The zero-order valence-electron chi connectivity index (χ0n) is 13.2. The minimum atomic E-state index is -0.621. The van der Waals surface area contributed by atoms with Crippen molar-refractivity contribution in [2.75, 3.05) is 18.5 Å². The SMILES string of the molecule is CCOC(=O)NC(=S)Nc1sc2c(c1C(=O)OCC)CCCC2. The van der Waals surface area contributed by atoms with Crippen LogP contribution in [0.3, 0.4) is 0 Å². The second-order valence-corrected chi connectivity index (χ2v) is 6.45. The molecule has 0 unspecified atom stereocenters. The summed E-state index contributed by atoms with van der Waals surface area (Å²) >= 11 is 6.60. The van der Waals surface area contributed by atoms with E-state index >= 15 is 0 Å². The zero-order chi connectivity index (χ0) is 16.8. The number of alkyl carbamates (subject to hydrolysis) is 1. The van der Waals surface area contributed by atoms with Crippen LogP contribution in [0.25, 0.3) is 0 Å². The Labute approximate surface area is 144 Å². The number of nitrogens with one attached hydrogen (secondary N) is 2. The van der Waals surface area contributed by atoms with Crippen LogP contribution in [0, 0.1) is 0 Å². The zero-order valence-corrected chi connectivity index (χ0v) is 14.8. The first-order valence-electron chi connectivity index (χ1n) is 7.63. The van der Waals surface area contributed by atoms with E-state index in [1.165, 1.54) is 16.2 Å². The van der Waals surface area contributed by atoms with Crippen LogP contribution in [0.1, 0.15) is 47.5 Å². The summed E-state index contributed by atoms with van der Waals surface area (Å²) in [6, 6.07) is 0. The highest BCUT2D eigenvalue weighted by Crippen LogP contribution is 2.38. The van der Waals surface area contributed by atoms with Gasteiger partial charge in [-0.05, 0) is 57.3 Å². The summed E-state index contributed by atoms with van der Waals surface area (Å²) in [4.78, 5) is 24.9. The number of fused-ring (bicyclic) bond motifs is 1. The first kappa shape index (κ1) is 17.7. The minimum absolute atomic E-state index is 0.104. The van der Waals surface area contributed by atoms with Gasteiger partial charge >= 0.3 is 12.1 Å². The summed E-state index contributed by atoms with van der Waals surface area (Å²) < 4.78 is 9.95. The van der Waals surface area contributed by atoms with Crippen LogP contribution in [-0.4, -0.2) is 30.4 Å². The van der Waals surface area contributed by atoms with Crippen molar-refractivity contribution in [1.82, 2.24) is 5.32 Å². The average Bonchev–Trinajstić information content (AvgIpc) is 2.85. The fraction of sp³-hybridized carbons (Fsp3) is 0.533. The Balaban J connectivity index is 2.20. The van der Waals surface area contributed by atoms with Crippen LogP contribution in [0.15, 0.2) is 0 Å². The molecule has 23 heavy (non-hydrogen) atoms. The monoisotopic (exact) mass is 356 g/mol. The van der Waals surface area contributed by atoms with Gasteiger partial charge < -0.3 is 14.8 Å². The maximum absolute atomic E-state index is 12.3. The minimum Gasteiger partial charge on any atom is -0.462 e. The molecule has 0 fully saturated rings. The number of hydrogen-bond acceptors (Lipinski definition) is 6. The Morgan fingerprint density at radius 1 is 1.17 bits per heavy atom. The van der Waals surface area contributed by atoms with E-state index in [-0.39, 0.29) is 17.7 Å². The van der Waals surface area contributed by atoms with Crippen molar-refractivity contribution in [2.24, 2.45) is 0 Å². The van der Waals surface area contributed by atoms with Crippen molar-refractivity contribution in [2.45, 2.75) is 39.5 Å². The van der Waals surface area contributed by atoms with Crippen LogP contribution in [0.5, 0.6) is 0 Å². The number of thiocarbonyl (C=S) groups is 1. The number of carbonyl (C=O) groups is 2. The summed E-state index contributed by atoms with van der Waals surface area (Å²) in [6.45, 7) is 4.06. The highest BCUT2D eigenvalue weighted by atomic mass is 32.1. The Morgan fingerprint density at radius 2 is 1.87 bits per heavy atom. The molecule has 1 amide bonds. The highest BCUT2D eigenvalue weighted by Gasteiger charge is 2.26. The molecule has 2 N–H and O–H groups in total. The fourth-order valence-corrected chi connectivity index (χ4v) is 4.00. The number of carbonyl (C=O) groups excluding carboxylic acids is 2. The molecule has 1 aromatic rings. The third-order valence-electron chi connectivity index (χ3n) is 3.37. The molecule has 1 heterocycles. The average molecular weight is 356 g/mol. The fourth-order valence-electron chi connectivity index (χ4n) is 2.47. The van der Waals surface area contributed by atoms with E-state index in [0.717, 1.165) is 31.2 Å². The van der Waals surface area contributed by atoms with Crippen LogP contribution in [0.2, 0.25) is 0 Å². The Bertz CT molecular complexity index is 613. The third kappa shape index (κ3) is 4.42. The summed E-state index contributed by atoms with van der Waals surface area (Å²) in [5.74, 6) is -0.353. The summed E-state index contributed by atoms with van der Waals surface area (Å²) in [5, 5.41) is 6.08. The molecule has 6 nitrogen and oxygen atoms in total. The molecular formula is C15H20N2O4S2. The molecular weight excluding hydrogens is 336 g/mol. The molecule has 0 aliphatic heterocycles.